The zero-order valence-electron chi connectivity index (χ0n) is 25.7. The molecule has 5 unspecified atom stereocenters. The van der Waals surface area contributed by atoms with E-state index in [9.17, 15) is 0 Å². The molecule has 10 saturated heterocycles. The van der Waals surface area contributed by atoms with Gasteiger partial charge in [-0.15, -0.1) is 0 Å². The van der Waals surface area contributed by atoms with Crippen molar-refractivity contribution in [3.8, 4) is 0 Å². The third-order valence-electron chi connectivity index (χ3n) is 21.5. The Morgan fingerprint density at radius 3 is 1.70 bits per heavy atom. The first-order chi connectivity index (χ1) is 20.2. The van der Waals surface area contributed by atoms with Gasteiger partial charge in [0, 0.05) is 0 Å². The molecular formula is C40H38FeIP. The van der Waals surface area contributed by atoms with E-state index >= 15 is 0 Å². The second kappa shape index (κ2) is 3.41. The zero-order chi connectivity index (χ0) is 28.8. The quantitative estimate of drug-likeness (QED) is 0.0423. The summed E-state index contributed by atoms with van der Waals surface area (Å²) in [6.07, 6.45) is 0. The van der Waals surface area contributed by atoms with Gasteiger partial charge in [-0.1, -0.05) is 0 Å². The van der Waals surface area contributed by atoms with Gasteiger partial charge in [-0.05, 0) is 0 Å². The summed E-state index contributed by atoms with van der Waals surface area (Å²) in [4.78, 5) is 8.67. The van der Waals surface area contributed by atoms with E-state index in [0.29, 0.717) is 16.9 Å². The van der Waals surface area contributed by atoms with Gasteiger partial charge in [0.15, 0.2) is 0 Å². The van der Waals surface area contributed by atoms with Crippen molar-refractivity contribution in [2.45, 2.75) is 96.3 Å². The van der Waals surface area contributed by atoms with Crippen molar-refractivity contribution in [1.82, 2.24) is 0 Å². The van der Waals surface area contributed by atoms with Crippen LogP contribution in [-0.4, -0.2) is 16.7 Å². The van der Waals surface area contributed by atoms with Gasteiger partial charge in [0.05, 0.1) is 0 Å². The van der Waals surface area contributed by atoms with Crippen LogP contribution in [0.25, 0.3) is 43.1 Å². The van der Waals surface area contributed by atoms with Crippen molar-refractivity contribution in [3.63, 3.8) is 0 Å². The molecule has 10 fully saturated rings. The van der Waals surface area contributed by atoms with Crippen molar-refractivity contribution >= 4 is 73.6 Å². The van der Waals surface area contributed by atoms with Gasteiger partial charge in [0.1, 0.15) is 0 Å². The summed E-state index contributed by atoms with van der Waals surface area (Å²) >= 11 is 3.37. The Kier molecular flexibility index (Phi) is 1.77. The number of benzene rings is 5. The minimum absolute atomic E-state index is 0.0731. The minimum atomic E-state index is -4.06. The van der Waals surface area contributed by atoms with E-state index in [-0.39, 0.29) is 7.92 Å². The van der Waals surface area contributed by atoms with Crippen LogP contribution in [0.1, 0.15) is 47.1 Å². The number of hydrogen-bond acceptors (Lipinski definition) is 0. The predicted octanol–water partition coefficient (Wildman–Crippen LogP) is 12.4. The number of hydrogen-bond donors (Lipinski definition) is 0. The Morgan fingerprint density at radius 1 is 0.581 bits per heavy atom. The molecule has 5 aromatic rings. The van der Waals surface area contributed by atoms with Gasteiger partial charge in [0.2, 0.25) is 0 Å². The second-order valence-electron chi connectivity index (χ2n) is 20.4. The summed E-state index contributed by atoms with van der Waals surface area (Å²) in [5, 5.41) is 12.8. The molecule has 1 spiro atoms. The van der Waals surface area contributed by atoms with E-state index in [1.54, 1.807) is 10.8 Å². The number of alkyl halides is 1. The molecule has 15 rings (SSSR count). The monoisotopic (exact) mass is 732 g/mol. The van der Waals surface area contributed by atoms with Gasteiger partial charge in [-0.2, -0.15) is 0 Å². The first-order valence-electron chi connectivity index (χ1n) is 16.7. The Balaban J connectivity index is 1.14. The summed E-state index contributed by atoms with van der Waals surface area (Å²) in [5.74, 6) is 0. The molecule has 0 radical (unpaired) electrons. The van der Waals surface area contributed by atoms with E-state index < -0.39 is 6.51 Å². The molecule has 10 heterocycles. The molecule has 5 atom stereocenters. The van der Waals surface area contributed by atoms with E-state index in [2.05, 4.69) is 143 Å². The van der Waals surface area contributed by atoms with Crippen molar-refractivity contribution in [2.24, 2.45) is 0 Å². The molecule has 0 saturated carbocycles. The average Bonchev–Trinajstić information content (AvgIpc) is 3.91. The summed E-state index contributed by atoms with van der Waals surface area (Å²) in [7, 11) is -0.0731. The topological polar surface area (TPSA) is 0 Å². The van der Waals surface area contributed by atoms with Crippen LogP contribution in [-0.2, 0) is 10.8 Å². The third kappa shape index (κ3) is 0.590. The molecule has 0 bridgehead atoms. The van der Waals surface area contributed by atoms with Gasteiger partial charge in [-0.3, -0.25) is 0 Å². The molecule has 218 valence electrons. The third-order valence-corrected chi connectivity index (χ3v) is 83.0. The van der Waals surface area contributed by atoms with Gasteiger partial charge in [-0.25, -0.2) is 0 Å². The van der Waals surface area contributed by atoms with Crippen LogP contribution < -0.4 is 0 Å². The Morgan fingerprint density at radius 2 is 1.12 bits per heavy atom. The van der Waals surface area contributed by atoms with Crippen LogP contribution in [0.4, 0.5) is 0 Å². The number of fused-ring (bicyclic) bond motifs is 15. The van der Waals surface area contributed by atoms with Crippen molar-refractivity contribution in [3.05, 3.63) is 84.4 Å². The molecule has 0 N–H and O–H groups in total. The standard InChI is InChI=1S/C35H33IP.C5H5.Fe/c1-34(2,3)37(35(4,5)6)31-18-17-28(33(31)36)32-26-14-10-9-13-24(26)21-30-27(32)16-15-25-19-22-11-7-8-12-23(22)20-29(25)30;1-2-4-5-3-1;/h7-21H,1-6H3;1-5H;. The molecule has 0 aromatic heterocycles. The fourth-order valence-electron chi connectivity index (χ4n) is 23.7. The normalized spacial score (nSPS) is 59.1. The molecule has 0 amide bonds. The number of halogens is 1. The van der Waals surface area contributed by atoms with Crippen LogP contribution in [0.5, 0.6) is 0 Å². The SMILES string of the molecule is CC(C)(C)P(C(C)(C)C)[C]12[CH]3[CH]4[C]5(c6c7ccccc7cc7c6ccc6cc8ccccc8cc67)[C]1(I)[Fe]43521678[CH]2[CH]1[CH]6[CH]7[CH]28. The summed E-state index contributed by atoms with van der Waals surface area (Å²) < 4.78 is 2.07. The number of rotatable bonds is 2. The Labute approximate surface area is 258 Å². The fraction of sp³-hybridized carbons (Fsp3) is 0.450. The van der Waals surface area contributed by atoms with E-state index in [1.165, 1.54) is 66.0 Å². The first kappa shape index (κ1) is 22.4. The van der Waals surface area contributed by atoms with E-state index in [4.69, 9.17) is 0 Å². The molecule has 43 heavy (non-hydrogen) atoms. The maximum absolute atomic E-state index is 4.06. The summed E-state index contributed by atoms with van der Waals surface area (Å²) in [5.41, 5.74) is 1.92. The second-order valence-corrected chi connectivity index (χ2v) is 50.4. The fourth-order valence-corrected chi connectivity index (χ4v) is 136. The Hall–Kier alpha value is -1.18. The molecule has 5 aromatic carbocycles. The van der Waals surface area contributed by atoms with Crippen LogP contribution in [0, 0.1) is 0 Å². The van der Waals surface area contributed by atoms with E-state index in [1.807, 2.05) is 5.56 Å². The molecular weight excluding hydrogens is 694 g/mol. The summed E-state index contributed by atoms with van der Waals surface area (Å²) in [6.45, 7) is 12.0. The molecule has 3 heteroatoms. The van der Waals surface area contributed by atoms with Gasteiger partial charge in [0.25, 0.3) is 0 Å². The van der Waals surface area contributed by atoms with Crippen LogP contribution in [0.3, 0.4) is 0 Å². The van der Waals surface area contributed by atoms with Crippen molar-refractivity contribution in [1.29, 1.82) is 0 Å². The van der Waals surface area contributed by atoms with Crippen LogP contribution >= 0.6 is 30.5 Å². The maximum atomic E-state index is 3.37. The molecule has 0 aliphatic carbocycles. The first-order valence-corrected chi connectivity index (χ1v) is 25.2. The molecule has 10 aliphatic heterocycles. The molecule has 10 aliphatic rings. The molecule has 0 nitrogen and oxygen atoms in total. The average molecular weight is 732 g/mol. The summed E-state index contributed by atoms with van der Waals surface area (Å²) in [6, 6.07) is 31.3. The predicted molar refractivity (Wildman–Crippen MR) is 190 cm³/mol. The van der Waals surface area contributed by atoms with Crippen molar-refractivity contribution in [2.75, 3.05) is 0 Å². The van der Waals surface area contributed by atoms with Crippen LogP contribution in [0.15, 0.2) is 78.9 Å². The Bertz CT molecular complexity index is 2770. The van der Waals surface area contributed by atoms with Crippen molar-refractivity contribution < 1.29 is 6.51 Å². The van der Waals surface area contributed by atoms with Gasteiger partial charge >= 0.3 is 261 Å². The zero-order valence-corrected chi connectivity index (χ0v) is 29.9. The van der Waals surface area contributed by atoms with Crippen LogP contribution in [0.2, 0.25) is 33.7 Å². The van der Waals surface area contributed by atoms with Gasteiger partial charge < -0.3 is 0 Å². The van der Waals surface area contributed by atoms with E-state index in [0.717, 1.165) is 4.05 Å².